The van der Waals surface area contributed by atoms with Crippen LogP contribution in [0.25, 0.3) is 21.7 Å². The predicted molar refractivity (Wildman–Crippen MR) is 159 cm³/mol. The van der Waals surface area contributed by atoms with Crippen molar-refractivity contribution in [3.05, 3.63) is 118 Å². The van der Waals surface area contributed by atoms with E-state index in [1.807, 2.05) is 42.5 Å². The molecule has 194 valence electrons. The molecule has 5 rings (SSSR count). The largest absolute Gasteiger partial charge is 0.448 e. The minimum atomic E-state index is -1.23. The van der Waals surface area contributed by atoms with E-state index in [0.29, 0.717) is 12.3 Å². The van der Waals surface area contributed by atoms with Gasteiger partial charge in [0.2, 0.25) is 5.52 Å². The summed E-state index contributed by atoms with van der Waals surface area (Å²) in [7, 11) is 3.78. The highest BCUT2D eigenvalue weighted by atomic mass is 79.9. The van der Waals surface area contributed by atoms with Gasteiger partial charge in [-0.3, -0.25) is 0 Å². The Labute approximate surface area is 233 Å². The maximum absolute atomic E-state index is 13.1. The van der Waals surface area contributed by atoms with E-state index in [1.54, 1.807) is 7.11 Å². The number of aromatic nitrogens is 1. The molecule has 0 amide bonds. The summed E-state index contributed by atoms with van der Waals surface area (Å²) in [6.45, 7) is 3.79. The SMILES string of the molecule is CCN(C)CCC(O)(c1cccc2ccccc12)C(c1ccccc1)c1cc2cc(Br)ccc2[nH+]c1OC. The number of nitrogens with one attached hydrogen (secondary N) is 1. The first-order valence-corrected chi connectivity index (χ1v) is 13.9. The molecule has 0 aliphatic heterocycles. The Morgan fingerprint density at radius 3 is 2.42 bits per heavy atom. The van der Waals surface area contributed by atoms with Crippen LogP contribution in [0.1, 0.15) is 36.0 Å². The Morgan fingerprint density at radius 1 is 0.921 bits per heavy atom. The minimum Gasteiger partial charge on any atom is -0.448 e. The fraction of sp³-hybridized carbons (Fsp3) is 0.242. The van der Waals surface area contributed by atoms with Crippen LogP contribution in [0.15, 0.2) is 102 Å². The third-order valence-electron chi connectivity index (χ3n) is 7.63. The first-order valence-electron chi connectivity index (χ1n) is 13.1. The van der Waals surface area contributed by atoms with Crippen molar-refractivity contribution in [2.45, 2.75) is 24.9 Å². The number of methoxy groups -OCH3 is 1. The highest BCUT2D eigenvalue weighted by Crippen LogP contribution is 2.48. The van der Waals surface area contributed by atoms with E-state index >= 15 is 0 Å². The Balaban J connectivity index is 1.83. The van der Waals surface area contributed by atoms with Crippen LogP contribution in [-0.2, 0) is 5.60 Å². The number of aromatic amines is 1. The van der Waals surface area contributed by atoms with Crippen molar-refractivity contribution < 1.29 is 14.8 Å². The second-order valence-corrected chi connectivity index (χ2v) is 10.8. The Morgan fingerprint density at radius 2 is 1.66 bits per heavy atom. The first kappa shape index (κ1) is 26.4. The van der Waals surface area contributed by atoms with Crippen LogP contribution in [0.3, 0.4) is 0 Å². The first-order chi connectivity index (χ1) is 18.4. The highest BCUT2D eigenvalue weighted by Gasteiger charge is 2.44. The molecule has 2 atom stereocenters. The fourth-order valence-electron chi connectivity index (χ4n) is 5.49. The molecule has 4 aromatic carbocycles. The number of nitrogens with zero attached hydrogens (tertiary/aromatic N) is 1. The molecule has 0 aliphatic carbocycles. The normalized spacial score (nSPS) is 14.1. The Bertz CT molecular complexity index is 1550. The Hall–Kier alpha value is -3.25. The van der Waals surface area contributed by atoms with E-state index in [9.17, 15) is 5.11 Å². The lowest BCUT2D eigenvalue weighted by Crippen LogP contribution is -2.39. The Kier molecular flexibility index (Phi) is 7.80. The second-order valence-electron chi connectivity index (χ2n) is 9.93. The number of rotatable bonds is 9. The summed E-state index contributed by atoms with van der Waals surface area (Å²) >= 11 is 3.63. The van der Waals surface area contributed by atoms with Crippen LogP contribution in [0.4, 0.5) is 0 Å². The molecular weight excluding hydrogens is 536 g/mol. The van der Waals surface area contributed by atoms with E-state index in [1.165, 1.54) is 0 Å². The van der Waals surface area contributed by atoms with E-state index in [4.69, 9.17) is 4.74 Å². The predicted octanol–water partition coefficient (Wildman–Crippen LogP) is 6.94. The van der Waals surface area contributed by atoms with E-state index in [0.717, 1.165) is 55.9 Å². The number of fused-ring (bicyclic) bond motifs is 2. The van der Waals surface area contributed by atoms with Gasteiger partial charge in [-0.1, -0.05) is 95.7 Å². The van der Waals surface area contributed by atoms with E-state index in [-0.39, 0.29) is 0 Å². The number of hydrogen-bond acceptors (Lipinski definition) is 3. The summed E-state index contributed by atoms with van der Waals surface area (Å²) in [6, 6.07) is 33.2. The molecule has 4 nitrogen and oxygen atoms in total. The van der Waals surface area contributed by atoms with Crippen LogP contribution < -0.4 is 9.72 Å². The number of H-pyrrole nitrogens is 1. The van der Waals surface area contributed by atoms with Crippen molar-refractivity contribution in [2.24, 2.45) is 0 Å². The van der Waals surface area contributed by atoms with Crippen molar-refractivity contribution in [3.8, 4) is 5.88 Å². The van der Waals surface area contributed by atoms with Gasteiger partial charge in [-0.25, -0.2) is 0 Å². The fourth-order valence-corrected chi connectivity index (χ4v) is 5.87. The van der Waals surface area contributed by atoms with Crippen molar-refractivity contribution in [1.82, 2.24) is 4.90 Å². The highest BCUT2D eigenvalue weighted by molar-refractivity contribution is 9.10. The second kappa shape index (κ2) is 11.2. The molecule has 2 N–H and O–H groups in total. The van der Waals surface area contributed by atoms with Crippen LogP contribution in [-0.4, -0.2) is 37.3 Å². The summed E-state index contributed by atoms with van der Waals surface area (Å²) < 4.78 is 6.96. The van der Waals surface area contributed by atoms with Crippen molar-refractivity contribution in [2.75, 3.05) is 27.2 Å². The summed E-state index contributed by atoms with van der Waals surface area (Å²) in [6.07, 6.45) is 0.546. The maximum atomic E-state index is 13.1. The summed E-state index contributed by atoms with van der Waals surface area (Å²) in [5, 5.41) is 16.3. The third kappa shape index (κ3) is 5.06. The molecule has 0 radical (unpaired) electrons. The molecule has 0 bridgehead atoms. The lowest BCUT2D eigenvalue weighted by Gasteiger charge is -2.39. The molecule has 1 heterocycles. The van der Waals surface area contributed by atoms with Gasteiger partial charge in [0, 0.05) is 22.5 Å². The van der Waals surface area contributed by atoms with Gasteiger partial charge in [0.25, 0.3) is 0 Å². The number of pyridine rings is 1. The van der Waals surface area contributed by atoms with E-state index in [2.05, 4.69) is 94.4 Å². The summed E-state index contributed by atoms with van der Waals surface area (Å²) in [5.74, 6) is 0.255. The molecule has 5 heteroatoms. The average molecular weight is 571 g/mol. The maximum Gasteiger partial charge on any atom is 0.370 e. The standard InChI is InChI=1S/C33H33BrN2O2/c1-4-36(2)20-19-33(37,29-16-10-14-23-11-8-9-15-27(23)29)31(24-12-6-5-7-13-24)28-22-25-21-26(34)17-18-30(25)35-32(28)38-3/h5-18,21-22,31,37H,4,19-20H2,1-3H3/p+1. The summed E-state index contributed by atoms with van der Waals surface area (Å²) in [4.78, 5) is 5.74. The zero-order valence-electron chi connectivity index (χ0n) is 22.1. The van der Waals surface area contributed by atoms with Gasteiger partial charge >= 0.3 is 5.88 Å². The zero-order valence-corrected chi connectivity index (χ0v) is 23.7. The molecule has 0 aliphatic rings. The number of aliphatic hydroxyl groups is 1. The summed E-state index contributed by atoms with van der Waals surface area (Å²) in [5.41, 5.74) is 2.61. The van der Waals surface area contributed by atoms with Gasteiger partial charge in [-0.05, 0) is 60.1 Å². The molecule has 5 aromatic rings. The van der Waals surface area contributed by atoms with Gasteiger partial charge in [0.05, 0.1) is 18.6 Å². The van der Waals surface area contributed by atoms with Gasteiger partial charge < -0.3 is 14.7 Å². The smallest absolute Gasteiger partial charge is 0.370 e. The topological polar surface area (TPSA) is 46.8 Å². The lowest BCUT2D eigenvalue weighted by atomic mass is 9.70. The molecule has 0 saturated carbocycles. The minimum absolute atomic E-state index is 0.394. The molecule has 0 spiro atoms. The van der Waals surface area contributed by atoms with Gasteiger partial charge in [0.15, 0.2) is 0 Å². The quantitative estimate of drug-likeness (QED) is 0.209. The third-order valence-corrected chi connectivity index (χ3v) is 8.12. The lowest BCUT2D eigenvalue weighted by molar-refractivity contribution is -0.362. The number of hydrogen-bond donors (Lipinski definition) is 1. The van der Waals surface area contributed by atoms with Gasteiger partial charge in [-0.2, -0.15) is 4.98 Å². The molecule has 2 unspecified atom stereocenters. The molecule has 38 heavy (non-hydrogen) atoms. The number of ether oxygens (including phenoxy) is 1. The van der Waals surface area contributed by atoms with Crippen LogP contribution in [0.2, 0.25) is 0 Å². The molecule has 0 fully saturated rings. The van der Waals surface area contributed by atoms with Gasteiger partial charge in [0.1, 0.15) is 5.60 Å². The average Bonchev–Trinajstić information content (AvgIpc) is 2.95. The van der Waals surface area contributed by atoms with Crippen molar-refractivity contribution in [3.63, 3.8) is 0 Å². The number of benzene rings is 4. The monoisotopic (exact) mass is 569 g/mol. The van der Waals surface area contributed by atoms with Crippen LogP contribution in [0.5, 0.6) is 5.88 Å². The van der Waals surface area contributed by atoms with E-state index < -0.39 is 11.5 Å². The van der Waals surface area contributed by atoms with Crippen molar-refractivity contribution in [1.29, 1.82) is 0 Å². The molecule has 1 aromatic heterocycles. The van der Waals surface area contributed by atoms with Crippen LogP contribution >= 0.6 is 15.9 Å². The van der Waals surface area contributed by atoms with Crippen LogP contribution in [0, 0.1) is 0 Å². The zero-order chi connectivity index (χ0) is 26.7. The molecular formula is C33H34BrN2O2+. The molecule has 0 saturated heterocycles. The van der Waals surface area contributed by atoms with Crippen molar-refractivity contribution >= 4 is 37.6 Å². The van der Waals surface area contributed by atoms with Gasteiger partial charge in [-0.15, -0.1) is 0 Å². The number of halogens is 1.